The average molecular weight is 542 g/mol. The molecule has 2 N–H and O–H groups in total. The lowest BCUT2D eigenvalue weighted by Crippen LogP contribution is -2.42. The van der Waals surface area contributed by atoms with Crippen LogP contribution in [0, 0.1) is 18.7 Å². The van der Waals surface area contributed by atoms with Crippen LogP contribution in [0.1, 0.15) is 39.2 Å². The summed E-state index contributed by atoms with van der Waals surface area (Å²) in [5.41, 5.74) is 0.948. The van der Waals surface area contributed by atoms with Crippen molar-refractivity contribution in [3.05, 3.63) is 40.9 Å². The molecule has 1 aromatic carbocycles. The average Bonchev–Trinajstić information content (AvgIpc) is 3.69. The summed E-state index contributed by atoms with van der Waals surface area (Å²) in [7, 11) is 0. The molecular weight excluding hydrogens is 513 g/mol. The number of carbonyl (C=O) groups excluding carboxylic acids is 2. The molecule has 1 saturated carbocycles. The van der Waals surface area contributed by atoms with Gasteiger partial charge in [-0.05, 0) is 69.5 Å². The summed E-state index contributed by atoms with van der Waals surface area (Å²) < 4.78 is 26.9. The Labute approximate surface area is 224 Å². The number of benzene rings is 1. The summed E-state index contributed by atoms with van der Waals surface area (Å²) in [4.78, 5) is 35.2. The molecule has 3 aromatic rings. The van der Waals surface area contributed by atoms with E-state index in [4.69, 9.17) is 21.1 Å². The van der Waals surface area contributed by atoms with Crippen molar-refractivity contribution in [3.8, 4) is 17.0 Å². The fourth-order valence-corrected chi connectivity index (χ4v) is 4.58. The first-order valence-corrected chi connectivity index (χ1v) is 12.9. The van der Waals surface area contributed by atoms with E-state index in [0.29, 0.717) is 45.9 Å². The molecule has 9 nitrogen and oxygen atoms in total. The van der Waals surface area contributed by atoms with Crippen LogP contribution in [-0.4, -0.2) is 47.4 Å². The minimum atomic E-state index is -0.693. The first-order valence-electron chi connectivity index (χ1n) is 12.5. The van der Waals surface area contributed by atoms with Crippen LogP contribution < -0.4 is 20.3 Å². The molecule has 3 amide bonds. The van der Waals surface area contributed by atoms with Crippen LogP contribution in [-0.2, 0) is 4.74 Å². The van der Waals surface area contributed by atoms with E-state index < -0.39 is 17.5 Å². The van der Waals surface area contributed by atoms with Gasteiger partial charge in [0.15, 0.2) is 0 Å². The number of nitrogens with one attached hydrogen (secondary N) is 2. The minimum Gasteiger partial charge on any atom is -0.474 e. The number of fused-ring (bicyclic) bond motifs is 2. The Kier molecular flexibility index (Phi) is 6.77. The van der Waals surface area contributed by atoms with E-state index in [9.17, 15) is 9.59 Å². The highest BCUT2D eigenvalue weighted by atomic mass is 35.5. The lowest BCUT2D eigenvalue weighted by atomic mass is 9.97. The van der Waals surface area contributed by atoms with Crippen molar-refractivity contribution in [2.45, 2.75) is 46.1 Å². The predicted molar refractivity (Wildman–Crippen MR) is 143 cm³/mol. The quantitative estimate of drug-likeness (QED) is 0.416. The van der Waals surface area contributed by atoms with Crippen molar-refractivity contribution in [3.63, 3.8) is 0 Å². The number of ether oxygens (including phenoxy) is 2. The number of rotatable bonds is 4. The number of halogens is 2. The zero-order valence-corrected chi connectivity index (χ0v) is 22.4. The summed E-state index contributed by atoms with van der Waals surface area (Å²) in [6.45, 7) is 8.26. The van der Waals surface area contributed by atoms with Crippen LogP contribution in [0.4, 0.5) is 25.5 Å². The number of nitrogens with zero attached hydrogens (tertiary/aromatic N) is 3. The number of urea groups is 1. The third kappa shape index (κ3) is 5.31. The summed E-state index contributed by atoms with van der Waals surface area (Å²) in [6, 6.07) is 2.91. The van der Waals surface area contributed by atoms with Crippen molar-refractivity contribution in [1.29, 1.82) is 0 Å². The molecule has 3 heterocycles. The molecule has 2 aromatic heterocycles. The van der Waals surface area contributed by atoms with E-state index in [1.807, 2.05) is 0 Å². The van der Waals surface area contributed by atoms with Gasteiger partial charge in [-0.25, -0.2) is 23.9 Å². The number of carbonyl (C=O) groups is 2. The van der Waals surface area contributed by atoms with Crippen LogP contribution in [0.5, 0.6) is 5.88 Å². The van der Waals surface area contributed by atoms with Gasteiger partial charge in [-0.2, -0.15) is 0 Å². The van der Waals surface area contributed by atoms with Crippen molar-refractivity contribution in [2.75, 3.05) is 29.9 Å². The van der Waals surface area contributed by atoms with Crippen molar-refractivity contribution in [1.82, 2.24) is 15.3 Å². The molecule has 0 spiro atoms. The smallest absolute Gasteiger partial charge is 0.415 e. The van der Waals surface area contributed by atoms with Gasteiger partial charge in [0, 0.05) is 35.5 Å². The van der Waals surface area contributed by atoms with E-state index in [1.165, 1.54) is 17.3 Å². The molecule has 1 fully saturated rings. The van der Waals surface area contributed by atoms with E-state index in [-0.39, 0.29) is 35.6 Å². The molecule has 1 aliphatic carbocycles. The largest absolute Gasteiger partial charge is 0.474 e. The fourth-order valence-electron chi connectivity index (χ4n) is 4.32. The lowest BCUT2D eigenvalue weighted by Gasteiger charge is -2.32. The molecule has 0 radical (unpaired) electrons. The van der Waals surface area contributed by atoms with Crippen LogP contribution in [0.15, 0.2) is 24.5 Å². The number of hydrogen-bond acceptors (Lipinski definition) is 6. The van der Waals surface area contributed by atoms with Crippen molar-refractivity contribution in [2.24, 2.45) is 5.92 Å². The van der Waals surface area contributed by atoms with Gasteiger partial charge in [-0.1, -0.05) is 11.6 Å². The maximum atomic E-state index is 15.6. The van der Waals surface area contributed by atoms with Gasteiger partial charge in [-0.3, -0.25) is 10.2 Å². The Morgan fingerprint density at radius 2 is 1.97 bits per heavy atom. The van der Waals surface area contributed by atoms with Gasteiger partial charge in [0.1, 0.15) is 29.5 Å². The van der Waals surface area contributed by atoms with E-state index in [0.717, 1.165) is 12.8 Å². The third-order valence-corrected chi connectivity index (χ3v) is 6.76. The number of aromatic nitrogens is 2. The van der Waals surface area contributed by atoms with Gasteiger partial charge in [-0.15, -0.1) is 0 Å². The Bertz CT molecular complexity index is 1440. The van der Waals surface area contributed by atoms with E-state index >= 15 is 4.39 Å². The zero-order valence-electron chi connectivity index (χ0n) is 21.7. The molecule has 200 valence electrons. The Morgan fingerprint density at radius 1 is 1.21 bits per heavy atom. The van der Waals surface area contributed by atoms with E-state index in [1.54, 1.807) is 39.8 Å². The summed E-state index contributed by atoms with van der Waals surface area (Å²) in [6.07, 6.45) is 4.64. The van der Waals surface area contributed by atoms with E-state index in [2.05, 4.69) is 20.6 Å². The first kappa shape index (κ1) is 26.0. The molecule has 1 aliphatic heterocycles. The maximum Gasteiger partial charge on any atom is 0.415 e. The van der Waals surface area contributed by atoms with Crippen LogP contribution in [0.25, 0.3) is 21.9 Å². The monoisotopic (exact) mass is 541 g/mol. The molecule has 2 aliphatic rings. The molecule has 38 heavy (non-hydrogen) atoms. The molecular formula is C27H29ClFN5O4. The Morgan fingerprint density at radius 3 is 2.68 bits per heavy atom. The second-order valence-corrected chi connectivity index (χ2v) is 10.9. The highest BCUT2D eigenvalue weighted by Gasteiger charge is 2.32. The second kappa shape index (κ2) is 9.90. The van der Waals surface area contributed by atoms with Crippen molar-refractivity contribution >= 4 is 46.0 Å². The molecule has 11 heteroatoms. The van der Waals surface area contributed by atoms with Crippen LogP contribution in [0.2, 0.25) is 5.02 Å². The number of pyridine rings is 2. The summed E-state index contributed by atoms with van der Waals surface area (Å²) in [5, 5.41) is 6.42. The maximum absolute atomic E-state index is 15.6. The minimum absolute atomic E-state index is 0.105. The van der Waals surface area contributed by atoms with Gasteiger partial charge in [0.05, 0.1) is 11.6 Å². The van der Waals surface area contributed by atoms with Gasteiger partial charge >= 0.3 is 12.1 Å². The van der Waals surface area contributed by atoms with Gasteiger partial charge < -0.3 is 14.8 Å². The van der Waals surface area contributed by atoms with Gasteiger partial charge in [0.25, 0.3) is 0 Å². The van der Waals surface area contributed by atoms with Crippen molar-refractivity contribution < 1.29 is 23.5 Å². The second-order valence-electron chi connectivity index (χ2n) is 10.6. The number of amides is 3. The van der Waals surface area contributed by atoms with Crippen LogP contribution >= 0.6 is 11.6 Å². The zero-order chi connectivity index (χ0) is 27.2. The highest BCUT2D eigenvalue weighted by molar-refractivity contribution is 6.36. The van der Waals surface area contributed by atoms with Gasteiger partial charge in [0.2, 0.25) is 5.88 Å². The third-order valence-electron chi connectivity index (χ3n) is 6.39. The van der Waals surface area contributed by atoms with Crippen LogP contribution in [0.3, 0.4) is 0 Å². The standard InChI is InChI=1S/C27H29ClFN5O4/c1-14-18(12-31-24-23(14)34(7-8-37-24)26(36)38-27(2,3)4)17-9-16-10-20(30-13-19(16)21(28)22(17)29)33-25(35)32-11-15-5-6-15/h9-10,12-13,15H,5-8,11H2,1-4H3,(H2,30,32,33,35). The summed E-state index contributed by atoms with van der Waals surface area (Å²) in [5.74, 6) is 0.474. The highest BCUT2D eigenvalue weighted by Crippen LogP contribution is 2.42. The molecule has 5 rings (SSSR count). The Balaban J connectivity index is 1.52. The topological polar surface area (TPSA) is 106 Å². The lowest BCUT2D eigenvalue weighted by molar-refractivity contribution is 0.0566. The molecule has 0 unspecified atom stereocenters. The number of anilines is 2. The SMILES string of the molecule is Cc1c(-c2cc3cc(NC(=O)NCC4CC4)ncc3c(Cl)c2F)cnc2c1N(C(=O)OC(C)(C)C)CCO2. The molecule has 0 bridgehead atoms. The molecule has 0 saturated heterocycles. The first-order chi connectivity index (χ1) is 18.0. The fraction of sp³-hybridized carbons (Fsp3) is 0.407. The summed E-state index contributed by atoms with van der Waals surface area (Å²) >= 11 is 6.43. The number of hydrogen-bond donors (Lipinski definition) is 2. The predicted octanol–water partition coefficient (Wildman–Crippen LogP) is 6.06. The normalized spacial score (nSPS) is 15.1. The molecule has 0 atom stereocenters. The Hall–Kier alpha value is -3.66.